The summed E-state index contributed by atoms with van der Waals surface area (Å²) in [7, 11) is 0. The molecule has 6 nitrogen and oxygen atoms in total. The number of aromatic amines is 1. The molecule has 1 unspecified atom stereocenters. The van der Waals surface area contributed by atoms with E-state index in [0.717, 1.165) is 11.8 Å². The predicted molar refractivity (Wildman–Crippen MR) is 97.8 cm³/mol. The summed E-state index contributed by atoms with van der Waals surface area (Å²) in [6.45, 7) is 2.59. The van der Waals surface area contributed by atoms with Gasteiger partial charge in [-0.2, -0.15) is 5.10 Å². The molecule has 136 valence electrons. The molecule has 0 spiro atoms. The molecule has 1 aromatic carbocycles. The molecule has 0 aliphatic heterocycles. The van der Waals surface area contributed by atoms with Gasteiger partial charge in [0, 0.05) is 12.5 Å². The Morgan fingerprint density at radius 2 is 2.08 bits per heavy atom. The number of alkyl halides is 1. The fraction of sp³-hybridized carbons (Fsp3) is 0.421. The van der Waals surface area contributed by atoms with E-state index in [4.69, 9.17) is 4.74 Å². The highest BCUT2D eigenvalue weighted by Crippen LogP contribution is 2.29. The molecule has 7 heteroatoms. The summed E-state index contributed by atoms with van der Waals surface area (Å²) in [6, 6.07) is 8.34. The first-order valence-corrected chi connectivity index (χ1v) is 8.91. The van der Waals surface area contributed by atoms with Crippen LogP contribution in [-0.4, -0.2) is 45.1 Å². The van der Waals surface area contributed by atoms with E-state index in [0.29, 0.717) is 30.9 Å². The van der Waals surface area contributed by atoms with Gasteiger partial charge in [-0.25, -0.2) is 14.4 Å². The molecule has 3 aromatic rings. The highest BCUT2D eigenvalue weighted by Gasteiger charge is 2.35. The fourth-order valence-corrected chi connectivity index (χ4v) is 3.39. The number of anilines is 1. The number of fused-ring (bicyclic) bond motifs is 1. The Hall–Kier alpha value is -2.54. The molecule has 4 rings (SSSR count). The molecular formula is C19H22FN5O. The van der Waals surface area contributed by atoms with Crippen molar-refractivity contribution in [3.8, 4) is 0 Å². The van der Waals surface area contributed by atoms with Gasteiger partial charge in [0.05, 0.1) is 24.3 Å². The Morgan fingerprint density at radius 3 is 2.92 bits per heavy atom. The van der Waals surface area contributed by atoms with Gasteiger partial charge in [0.25, 0.3) is 0 Å². The predicted octanol–water partition coefficient (Wildman–Crippen LogP) is 3.20. The fourth-order valence-electron chi connectivity index (χ4n) is 3.39. The molecule has 26 heavy (non-hydrogen) atoms. The number of halogens is 1. The van der Waals surface area contributed by atoms with Crippen LogP contribution in [0.25, 0.3) is 11.0 Å². The number of benzene rings is 1. The van der Waals surface area contributed by atoms with Gasteiger partial charge >= 0.3 is 0 Å². The van der Waals surface area contributed by atoms with Crippen molar-refractivity contribution in [1.29, 1.82) is 0 Å². The van der Waals surface area contributed by atoms with Gasteiger partial charge in [-0.1, -0.05) is 29.8 Å². The molecular weight excluding hydrogens is 333 g/mol. The second-order valence-corrected chi connectivity index (χ2v) is 6.83. The highest BCUT2D eigenvalue weighted by molar-refractivity contribution is 5.85. The average molecular weight is 355 g/mol. The van der Waals surface area contributed by atoms with Gasteiger partial charge in [-0.15, -0.1) is 0 Å². The van der Waals surface area contributed by atoms with E-state index in [9.17, 15) is 4.39 Å². The molecule has 1 aliphatic rings. The third-order valence-electron chi connectivity index (χ3n) is 4.86. The summed E-state index contributed by atoms with van der Waals surface area (Å²) in [5.74, 6) is 0.682. The van der Waals surface area contributed by atoms with E-state index in [2.05, 4.69) is 56.7 Å². The van der Waals surface area contributed by atoms with Crippen LogP contribution in [0.4, 0.5) is 10.2 Å². The maximum atomic E-state index is 14.4. The van der Waals surface area contributed by atoms with Crippen LogP contribution < -0.4 is 5.32 Å². The summed E-state index contributed by atoms with van der Waals surface area (Å²) >= 11 is 0. The molecule has 2 aromatic heterocycles. The van der Waals surface area contributed by atoms with Crippen LogP contribution in [0, 0.1) is 6.92 Å². The van der Waals surface area contributed by atoms with Crippen molar-refractivity contribution in [3.05, 3.63) is 47.9 Å². The number of aromatic nitrogens is 4. The molecule has 2 N–H and O–H groups in total. The van der Waals surface area contributed by atoms with Crippen molar-refractivity contribution in [2.75, 3.05) is 11.9 Å². The third kappa shape index (κ3) is 3.67. The summed E-state index contributed by atoms with van der Waals surface area (Å²) in [6.07, 6.45) is 3.64. The molecule has 0 bridgehead atoms. The minimum Gasteiger partial charge on any atom is -0.375 e. The van der Waals surface area contributed by atoms with Crippen LogP contribution in [0.5, 0.6) is 0 Å². The van der Waals surface area contributed by atoms with Crippen molar-refractivity contribution in [2.24, 2.45) is 0 Å². The number of hydrogen-bond acceptors (Lipinski definition) is 5. The number of nitrogens with one attached hydrogen (secondary N) is 2. The summed E-state index contributed by atoms with van der Waals surface area (Å²) in [4.78, 5) is 8.37. The van der Waals surface area contributed by atoms with E-state index in [1.54, 1.807) is 6.20 Å². The van der Waals surface area contributed by atoms with Gasteiger partial charge in [0.2, 0.25) is 0 Å². The van der Waals surface area contributed by atoms with E-state index in [-0.39, 0.29) is 12.1 Å². The van der Waals surface area contributed by atoms with E-state index < -0.39 is 6.17 Å². The lowest BCUT2D eigenvalue weighted by Crippen LogP contribution is -2.21. The Morgan fingerprint density at radius 1 is 1.23 bits per heavy atom. The summed E-state index contributed by atoms with van der Waals surface area (Å²) in [5, 5.41) is 10.9. The normalized spacial score (nSPS) is 22.8. The number of hydrogen-bond donors (Lipinski definition) is 2. The Labute approximate surface area is 151 Å². The van der Waals surface area contributed by atoms with Crippen molar-refractivity contribution in [2.45, 2.75) is 44.5 Å². The largest absolute Gasteiger partial charge is 0.375 e. The number of H-pyrrole nitrogens is 1. The van der Waals surface area contributed by atoms with Gasteiger partial charge in [0.1, 0.15) is 18.3 Å². The minimum atomic E-state index is -0.966. The minimum absolute atomic E-state index is 0.0117. The molecule has 1 saturated carbocycles. The maximum Gasteiger partial charge on any atom is 0.160 e. The molecule has 0 amide bonds. The van der Waals surface area contributed by atoms with Crippen LogP contribution in [0.3, 0.4) is 0 Å². The zero-order valence-corrected chi connectivity index (χ0v) is 14.7. The summed E-state index contributed by atoms with van der Waals surface area (Å²) < 4.78 is 20.2. The van der Waals surface area contributed by atoms with E-state index >= 15 is 0 Å². The van der Waals surface area contributed by atoms with Crippen molar-refractivity contribution in [3.63, 3.8) is 0 Å². The highest BCUT2D eigenvalue weighted by atomic mass is 19.1. The van der Waals surface area contributed by atoms with Crippen LogP contribution in [0.1, 0.15) is 24.0 Å². The monoisotopic (exact) mass is 355 g/mol. The SMILES string of the molecule is Cc1ccc(CCOC2C[C@@H](Nc3ncnc4[nH]ncc34)C[C@H]2F)cc1. The Kier molecular flexibility index (Phi) is 4.79. The zero-order valence-electron chi connectivity index (χ0n) is 14.7. The number of nitrogens with zero attached hydrogens (tertiary/aromatic N) is 3. The topological polar surface area (TPSA) is 75.7 Å². The van der Waals surface area contributed by atoms with Crippen LogP contribution in [-0.2, 0) is 11.2 Å². The Balaban J connectivity index is 1.31. The molecule has 1 aliphatic carbocycles. The van der Waals surface area contributed by atoms with Gasteiger partial charge < -0.3 is 10.1 Å². The van der Waals surface area contributed by atoms with E-state index in [1.165, 1.54) is 17.5 Å². The van der Waals surface area contributed by atoms with Crippen molar-refractivity contribution in [1.82, 2.24) is 20.2 Å². The molecule has 0 saturated heterocycles. The maximum absolute atomic E-state index is 14.4. The third-order valence-corrected chi connectivity index (χ3v) is 4.86. The molecule has 2 heterocycles. The quantitative estimate of drug-likeness (QED) is 0.710. The summed E-state index contributed by atoms with van der Waals surface area (Å²) in [5.41, 5.74) is 3.12. The lowest BCUT2D eigenvalue weighted by Gasteiger charge is -2.15. The number of ether oxygens (including phenoxy) is 1. The second kappa shape index (κ2) is 7.37. The lowest BCUT2D eigenvalue weighted by atomic mass is 10.1. The first-order chi connectivity index (χ1) is 12.7. The molecule has 3 atom stereocenters. The Bertz CT molecular complexity index is 866. The van der Waals surface area contributed by atoms with Crippen LogP contribution in [0.15, 0.2) is 36.8 Å². The zero-order chi connectivity index (χ0) is 17.9. The first kappa shape index (κ1) is 16.9. The van der Waals surface area contributed by atoms with E-state index in [1.807, 2.05) is 0 Å². The molecule has 0 radical (unpaired) electrons. The standard InChI is InChI=1S/C19H22FN5O/c1-12-2-4-13(5-3-12)6-7-26-17-9-14(8-16(17)20)24-18-15-10-23-25-19(15)22-11-21-18/h2-5,10-11,14,16-17H,6-9H2,1H3,(H2,21,22,23,24,25)/t14-,16+,17?/m0/s1. The number of aryl methyl sites for hydroxylation is 1. The second-order valence-electron chi connectivity index (χ2n) is 6.83. The molecule has 1 fully saturated rings. The first-order valence-electron chi connectivity index (χ1n) is 8.91. The number of rotatable bonds is 6. The van der Waals surface area contributed by atoms with Crippen molar-refractivity contribution < 1.29 is 9.13 Å². The lowest BCUT2D eigenvalue weighted by molar-refractivity contribution is 0.0163. The van der Waals surface area contributed by atoms with Gasteiger partial charge in [0.15, 0.2) is 5.65 Å². The van der Waals surface area contributed by atoms with Gasteiger partial charge in [-0.3, -0.25) is 5.10 Å². The van der Waals surface area contributed by atoms with Crippen LogP contribution >= 0.6 is 0 Å². The smallest absolute Gasteiger partial charge is 0.160 e. The van der Waals surface area contributed by atoms with Gasteiger partial charge in [-0.05, 0) is 25.3 Å². The van der Waals surface area contributed by atoms with Crippen LogP contribution in [0.2, 0.25) is 0 Å². The average Bonchev–Trinajstić information content (AvgIpc) is 3.24. The van der Waals surface area contributed by atoms with Crippen molar-refractivity contribution >= 4 is 16.9 Å².